The average Bonchev–Trinajstić information content (AvgIpc) is 3.10. The van der Waals surface area contributed by atoms with Gasteiger partial charge < -0.3 is 15.2 Å². The molecule has 28 heavy (non-hydrogen) atoms. The molecule has 144 valence electrons. The summed E-state index contributed by atoms with van der Waals surface area (Å²) in [6, 6.07) is 12.1. The van der Waals surface area contributed by atoms with E-state index in [1.165, 1.54) is 22.0 Å². The summed E-state index contributed by atoms with van der Waals surface area (Å²) in [4.78, 5) is 18.8. The van der Waals surface area contributed by atoms with Crippen molar-refractivity contribution < 1.29 is 4.79 Å². The van der Waals surface area contributed by atoms with Gasteiger partial charge in [0.25, 0.3) is 0 Å². The van der Waals surface area contributed by atoms with Crippen molar-refractivity contribution in [3.63, 3.8) is 0 Å². The van der Waals surface area contributed by atoms with Crippen LogP contribution in [0.25, 0.3) is 10.9 Å². The Balaban J connectivity index is 1.45. The predicted molar refractivity (Wildman–Crippen MR) is 114 cm³/mol. The topological polar surface area (TPSA) is 48.1 Å². The van der Waals surface area contributed by atoms with Crippen molar-refractivity contribution in [3.8, 4) is 0 Å². The highest BCUT2D eigenvalue weighted by Crippen LogP contribution is 2.44. The van der Waals surface area contributed by atoms with Crippen molar-refractivity contribution in [2.45, 2.75) is 24.8 Å². The van der Waals surface area contributed by atoms with Crippen LogP contribution in [0.2, 0.25) is 10.0 Å². The molecule has 3 aromatic rings. The second-order valence-corrected chi connectivity index (χ2v) is 8.73. The minimum absolute atomic E-state index is 0.0210. The molecule has 1 aromatic heterocycles. The number of benzene rings is 2. The Labute approximate surface area is 173 Å². The molecule has 1 fully saturated rings. The van der Waals surface area contributed by atoms with E-state index < -0.39 is 0 Å². The number of likely N-dealkylation sites (N-methyl/N-ethyl adjacent to an activating group) is 1. The maximum absolute atomic E-state index is 13.1. The van der Waals surface area contributed by atoms with Crippen LogP contribution in [0.15, 0.2) is 42.6 Å². The van der Waals surface area contributed by atoms with Crippen LogP contribution in [0.4, 0.5) is 5.69 Å². The lowest BCUT2D eigenvalue weighted by molar-refractivity contribution is -0.122. The smallest absolute Gasteiger partial charge is 0.228 e. The number of carbonyl (C=O) groups excluding carboxylic acids is 1. The number of fused-ring (bicyclic) bond motifs is 2. The fourth-order valence-corrected chi connectivity index (χ4v) is 5.47. The van der Waals surface area contributed by atoms with Crippen LogP contribution in [0.5, 0.6) is 0 Å². The number of anilines is 1. The largest absolute Gasteiger partial charge is 0.361 e. The number of piperidine rings is 1. The molecule has 2 heterocycles. The van der Waals surface area contributed by atoms with E-state index in [-0.39, 0.29) is 11.8 Å². The predicted octanol–water partition coefficient (Wildman–Crippen LogP) is 5.07. The molecule has 1 amide bonds. The number of hydrogen-bond acceptors (Lipinski definition) is 2. The molecular weight excluding hydrogens is 393 g/mol. The van der Waals surface area contributed by atoms with Crippen molar-refractivity contribution in [2.75, 3.05) is 18.9 Å². The summed E-state index contributed by atoms with van der Waals surface area (Å²) in [5.74, 6) is 0.199. The van der Waals surface area contributed by atoms with Crippen molar-refractivity contribution in [1.82, 2.24) is 9.88 Å². The van der Waals surface area contributed by atoms with E-state index in [4.69, 9.17) is 23.2 Å². The molecule has 1 aliphatic heterocycles. The number of nitrogens with zero attached hydrogens (tertiary/aromatic N) is 1. The van der Waals surface area contributed by atoms with E-state index >= 15 is 0 Å². The SMILES string of the molecule is CN1C[C@H](C(=O)Nc2c(Cl)cccc2Cl)C[C@@H]2c3cccc4[nH]cc(c34)C[C@H]21. The third kappa shape index (κ3) is 2.83. The summed E-state index contributed by atoms with van der Waals surface area (Å²) >= 11 is 12.5. The average molecular weight is 414 g/mol. The van der Waals surface area contributed by atoms with Gasteiger partial charge in [-0.1, -0.05) is 41.4 Å². The van der Waals surface area contributed by atoms with Crippen LogP contribution in [0.1, 0.15) is 23.5 Å². The molecule has 0 saturated carbocycles. The molecule has 5 rings (SSSR count). The van der Waals surface area contributed by atoms with Crippen molar-refractivity contribution >= 4 is 45.7 Å². The number of carbonyl (C=O) groups is 1. The first-order valence-electron chi connectivity index (χ1n) is 9.57. The van der Waals surface area contributed by atoms with Crippen LogP contribution in [0.3, 0.4) is 0 Å². The highest BCUT2D eigenvalue weighted by molar-refractivity contribution is 6.39. The van der Waals surface area contributed by atoms with Gasteiger partial charge in [0.15, 0.2) is 0 Å². The fraction of sp³-hybridized carbons (Fsp3) is 0.318. The van der Waals surface area contributed by atoms with Gasteiger partial charge in [-0.15, -0.1) is 0 Å². The summed E-state index contributed by atoms with van der Waals surface area (Å²) in [5, 5.41) is 5.23. The van der Waals surface area contributed by atoms with Crippen molar-refractivity contribution in [1.29, 1.82) is 0 Å². The Kier molecular flexibility index (Phi) is 4.38. The van der Waals surface area contributed by atoms with Crippen LogP contribution in [0, 0.1) is 5.92 Å². The quantitative estimate of drug-likeness (QED) is 0.615. The van der Waals surface area contributed by atoms with Crippen molar-refractivity contribution in [3.05, 3.63) is 63.8 Å². The number of nitrogens with one attached hydrogen (secondary N) is 2. The molecule has 1 aliphatic carbocycles. The maximum atomic E-state index is 13.1. The van der Waals surface area contributed by atoms with Gasteiger partial charge in [-0.05, 0) is 49.2 Å². The first-order valence-corrected chi connectivity index (χ1v) is 10.3. The number of rotatable bonds is 2. The molecule has 0 bridgehead atoms. The van der Waals surface area contributed by atoms with Gasteiger partial charge in [-0.25, -0.2) is 0 Å². The van der Waals surface area contributed by atoms with Crippen LogP contribution < -0.4 is 5.32 Å². The lowest BCUT2D eigenvalue weighted by Crippen LogP contribution is -2.50. The van der Waals surface area contributed by atoms with Gasteiger partial charge in [0, 0.05) is 35.6 Å². The summed E-state index contributed by atoms with van der Waals surface area (Å²) in [5.41, 5.74) is 4.41. The first-order chi connectivity index (χ1) is 13.5. The van der Waals surface area contributed by atoms with Gasteiger partial charge in [0.05, 0.1) is 21.7 Å². The number of aromatic nitrogens is 1. The van der Waals surface area contributed by atoms with E-state index in [0.717, 1.165) is 19.4 Å². The standard InChI is InChI=1S/C22H21Cl2N3O/c1-27-11-13(22(28)26-21-16(23)5-3-6-17(21)24)8-15-14-4-2-7-18-20(14)12(10-25-18)9-19(15)27/h2-7,10,13,15,19,25H,8-9,11H2,1H3,(H,26,28)/t13-,15-,19-/m1/s1. The van der Waals surface area contributed by atoms with Gasteiger partial charge in [-0.2, -0.15) is 0 Å². The lowest BCUT2D eigenvalue weighted by atomic mass is 9.72. The number of para-hydroxylation sites is 1. The monoisotopic (exact) mass is 413 g/mol. The Morgan fingerprint density at radius 2 is 1.93 bits per heavy atom. The molecular formula is C22H21Cl2N3O. The Bertz CT molecular complexity index is 1060. The van der Waals surface area contributed by atoms with Crippen LogP contribution in [-0.4, -0.2) is 35.4 Å². The van der Waals surface area contributed by atoms with Gasteiger partial charge in [0.2, 0.25) is 5.91 Å². The fourth-order valence-electron chi connectivity index (χ4n) is 4.97. The minimum Gasteiger partial charge on any atom is -0.361 e. The molecule has 4 nitrogen and oxygen atoms in total. The summed E-state index contributed by atoms with van der Waals surface area (Å²) in [7, 11) is 2.12. The van der Waals surface area contributed by atoms with Gasteiger partial charge in [-0.3, -0.25) is 4.79 Å². The van der Waals surface area contributed by atoms with E-state index in [9.17, 15) is 4.79 Å². The third-order valence-electron chi connectivity index (χ3n) is 6.31. The molecule has 0 radical (unpaired) electrons. The molecule has 0 unspecified atom stereocenters. The molecule has 6 heteroatoms. The zero-order valence-corrected chi connectivity index (χ0v) is 17.0. The highest BCUT2D eigenvalue weighted by Gasteiger charge is 2.41. The van der Waals surface area contributed by atoms with Gasteiger partial charge in [0.1, 0.15) is 0 Å². The zero-order valence-electron chi connectivity index (χ0n) is 15.5. The molecule has 2 aromatic carbocycles. The minimum atomic E-state index is -0.116. The number of aromatic amines is 1. The van der Waals surface area contributed by atoms with E-state index in [2.05, 4.69) is 46.6 Å². The second-order valence-electron chi connectivity index (χ2n) is 7.92. The highest BCUT2D eigenvalue weighted by atomic mass is 35.5. The van der Waals surface area contributed by atoms with Crippen LogP contribution in [-0.2, 0) is 11.2 Å². The summed E-state index contributed by atoms with van der Waals surface area (Å²) < 4.78 is 0. The molecule has 3 atom stereocenters. The summed E-state index contributed by atoms with van der Waals surface area (Å²) in [6.07, 6.45) is 3.98. The van der Waals surface area contributed by atoms with Crippen molar-refractivity contribution in [2.24, 2.45) is 5.92 Å². The molecule has 0 spiro atoms. The number of amides is 1. The lowest BCUT2D eigenvalue weighted by Gasteiger charge is -2.45. The third-order valence-corrected chi connectivity index (χ3v) is 6.94. The molecule has 2 aliphatic rings. The second kappa shape index (κ2) is 6.80. The maximum Gasteiger partial charge on any atom is 0.228 e. The Morgan fingerprint density at radius 1 is 1.18 bits per heavy atom. The normalized spacial score (nSPS) is 24.2. The number of hydrogen-bond donors (Lipinski definition) is 2. The number of halogens is 2. The number of H-pyrrole nitrogens is 1. The molecule has 2 N–H and O–H groups in total. The van der Waals surface area contributed by atoms with E-state index in [1.54, 1.807) is 18.2 Å². The summed E-state index contributed by atoms with van der Waals surface area (Å²) in [6.45, 7) is 0.727. The zero-order chi connectivity index (χ0) is 19.4. The van der Waals surface area contributed by atoms with E-state index in [0.29, 0.717) is 27.7 Å². The Hall–Kier alpha value is -2.01. The first kappa shape index (κ1) is 18.0. The Morgan fingerprint density at radius 3 is 2.71 bits per heavy atom. The van der Waals surface area contributed by atoms with E-state index in [1.807, 2.05) is 0 Å². The van der Waals surface area contributed by atoms with Gasteiger partial charge >= 0.3 is 0 Å². The van der Waals surface area contributed by atoms with Crippen LogP contribution >= 0.6 is 23.2 Å². The molecule has 1 saturated heterocycles. The number of likely N-dealkylation sites (tertiary alicyclic amines) is 1.